The molecule has 0 aliphatic rings. The quantitative estimate of drug-likeness (QED) is 0.581. The normalized spacial score (nSPS) is 11.3. The molecule has 0 fully saturated rings. The summed E-state index contributed by atoms with van der Waals surface area (Å²) in [6, 6.07) is 10.8. The minimum absolute atomic E-state index is 0. The van der Waals surface area contributed by atoms with Crippen molar-refractivity contribution in [3.05, 3.63) is 53.1 Å². The highest BCUT2D eigenvalue weighted by atomic mass is 35.5. The first-order chi connectivity index (χ1) is 12.8. The van der Waals surface area contributed by atoms with Crippen LogP contribution in [0.2, 0.25) is 5.02 Å². The molecule has 2 aromatic carbocycles. The maximum absolute atomic E-state index is 12.7. The third kappa shape index (κ3) is 6.62. The van der Waals surface area contributed by atoms with Crippen molar-refractivity contribution < 1.29 is 14.3 Å². The molecule has 0 aromatic heterocycles. The van der Waals surface area contributed by atoms with Crippen LogP contribution in [0.25, 0.3) is 0 Å². The van der Waals surface area contributed by atoms with Crippen LogP contribution in [-0.2, 0) is 4.79 Å². The predicted molar refractivity (Wildman–Crippen MR) is 115 cm³/mol. The Morgan fingerprint density at radius 1 is 1.14 bits per heavy atom. The summed E-state index contributed by atoms with van der Waals surface area (Å²) in [6.45, 7) is 3.97. The van der Waals surface area contributed by atoms with E-state index in [9.17, 15) is 9.59 Å². The first-order valence-corrected chi connectivity index (χ1v) is 8.98. The number of benzene rings is 2. The topological polar surface area (TPSA) is 93.5 Å². The molecule has 0 saturated heterocycles. The molecular formula is C20H25Cl2N3O3. The summed E-state index contributed by atoms with van der Waals surface area (Å²) < 4.78 is 5.11. The minimum atomic E-state index is -0.684. The third-order valence-electron chi connectivity index (χ3n) is 3.93. The first-order valence-electron chi connectivity index (χ1n) is 8.61. The fourth-order valence-corrected chi connectivity index (χ4v) is 2.71. The van der Waals surface area contributed by atoms with Gasteiger partial charge in [-0.2, -0.15) is 0 Å². The van der Waals surface area contributed by atoms with Crippen molar-refractivity contribution in [1.29, 1.82) is 0 Å². The summed E-state index contributed by atoms with van der Waals surface area (Å²) in [5.41, 5.74) is 7.27. The van der Waals surface area contributed by atoms with Gasteiger partial charge >= 0.3 is 0 Å². The molecule has 2 aromatic rings. The zero-order valence-electron chi connectivity index (χ0n) is 16.0. The van der Waals surface area contributed by atoms with Gasteiger partial charge in [-0.15, -0.1) is 12.4 Å². The Balaban J connectivity index is 0.00000392. The molecule has 1 atom stereocenters. The van der Waals surface area contributed by atoms with Crippen molar-refractivity contribution in [2.24, 2.45) is 5.92 Å². The Bertz CT molecular complexity index is 811. The SMILES string of the molecule is COc1ccc(NC(=O)C(CC(C)C)NC(=O)c2ccc(Cl)cc2)cc1N.Cl. The number of methoxy groups -OCH3 is 1. The molecule has 0 spiro atoms. The molecule has 6 nitrogen and oxygen atoms in total. The van der Waals surface area contributed by atoms with Gasteiger partial charge in [0.05, 0.1) is 12.8 Å². The maximum Gasteiger partial charge on any atom is 0.251 e. The number of carbonyl (C=O) groups excluding carboxylic acids is 2. The second-order valence-electron chi connectivity index (χ2n) is 6.61. The number of amides is 2. The molecule has 4 N–H and O–H groups in total. The van der Waals surface area contributed by atoms with Crippen LogP contribution in [0.1, 0.15) is 30.6 Å². The van der Waals surface area contributed by atoms with E-state index in [1.54, 1.807) is 42.5 Å². The Hall–Kier alpha value is -2.44. The number of nitrogens with two attached hydrogens (primary N) is 1. The smallest absolute Gasteiger partial charge is 0.251 e. The van der Waals surface area contributed by atoms with E-state index in [1.807, 2.05) is 13.8 Å². The number of nitrogens with one attached hydrogen (secondary N) is 2. The van der Waals surface area contributed by atoms with Crippen LogP contribution in [0, 0.1) is 5.92 Å². The lowest BCUT2D eigenvalue weighted by Crippen LogP contribution is -2.44. The fourth-order valence-electron chi connectivity index (χ4n) is 2.59. The van der Waals surface area contributed by atoms with Gasteiger partial charge in [-0.25, -0.2) is 0 Å². The van der Waals surface area contributed by atoms with Crippen LogP contribution in [0.4, 0.5) is 11.4 Å². The Kier molecular flexibility index (Phi) is 9.09. The van der Waals surface area contributed by atoms with E-state index in [1.165, 1.54) is 7.11 Å². The van der Waals surface area contributed by atoms with Gasteiger partial charge in [0.15, 0.2) is 0 Å². The minimum Gasteiger partial charge on any atom is -0.495 e. The standard InChI is InChI=1S/C20H24ClN3O3.ClH/c1-12(2)10-17(24-19(25)13-4-6-14(21)7-5-13)20(26)23-15-8-9-18(27-3)16(22)11-15;/h4-9,11-12,17H,10,22H2,1-3H3,(H,23,26)(H,24,25);1H. The van der Waals surface area contributed by atoms with Crippen LogP contribution >= 0.6 is 24.0 Å². The van der Waals surface area contributed by atoms with Crippen LogP contribution in [0.15, 0.2) is 42.5 Å². The number of nitrogen functional groups attached to an aromatic ring is 1. The Morgan fingerprint density at radius 2 is 1.79 bits per heavy atom. The van der Waals surface area contributed by atoms with E-state index in [4.69, 9.17) is 22.1 Å². The number of rotatable bonds is 7. The van der Waals surface area contributed by atoms with E-state index >= 15 is 0 Å². The molecule has 0 radical (unpaired) electrons. The zero-order valence-corrected chi connectivity index (χ0v) is 17.6. The van der Waals surface area contributed by atoms with Crippen molar-refractivity contribution in [3.8, 4) is 5.75 Å². The highest BCUT2D eigenvalue weighted by Gasteiger charge is 2.23. The van der Waals surface area contributed by atoms with E-state index in [-0.39, 0.29) is 30.1 Å². The highest BCUT2D eigenvalue weighted by molar-refractivity contribution is 6.30. The van der Waals surface area contributed by atoms with Gasteiger partial charge in [0.2, 0.25) is 5.91 Å². The molecule has 0 bridgehead atoms. The zero-order chi connectivity index (χ0) is 20.0. The van der Waals surface area contributed by atoms with Crippen LogP contribution in [0.5, 0.6) is 5.75 Å². The first kappa shape index (κ1) is 23.6. The van der Waals surface area contributed by atoms with Gasteiger partial charge in [0.1, 0.15) is 11.8 Å². The molecule has 0 saturated carbocycles. The lowest BCUT2D eigenvalue weighted by molar-refractivity contribution is -0.118. The van der Waals surface area contributed by atoms with Gasteiger partial charge < -0.3 is 21.1 Å². The van der Waals surface area contributed by atoms with Crippen LogP contribution in [0.3, 0.4) is 0 Å². The van der Waals surface area contributed by atoms with Gasteiger partial charge in [-0.05, 0) is 54.8 Å². The second-order valence-corrected chi connectivity index (χ2v) is 7.04. The molecule has 2 rings (SSSR count). The molecule has 0 heterocycles. The van der Waals surface area contributed by atoms with Gasteiger partial charge in [-0.3, -0.25) is 9.59 Å². The van der Waals surface area contributed by atoms with E-state index in [0.717, 1.165) is 0 Å². The third-order valence-corrected chi connectivity index (χ3v) is 4.18. The second kappa shape index (κ2) is 10.8. The summed E-state index contributed by atoms with van der Waals surface area (Å²) in [5.74, 6) is 0.104. The molecule has 28 heavy (non-hydrogen) atoms. The maximum atomic E-state index is 12.7. The summed E-state index contributed by atoms with van der Waals surface area (Å²) >= 11 is 5.85. The van der Waals surface area contributed by atoms with E-state index in [2.05, 4.69) is 10.6 Å². The molecule has 0 aliphatic heterocycles. The monoisotopic (exact) mass is 425 g/mol. The number of halogens is 2. The van der Waals surface area contributed by atoms with Crippen molar-refractivity contribution in [2.45, 2.75) is 26.3 Å². The molecular weight excluding hydrogens is 401 g/mol. The number of hydrogen-bond acceptors (Lipinski definition) is 4. The number of ether oxygens (including phenoxy) is 1. The lowest BCUT2D eigenvalue weighted by atomic mass is 10.0. The van der Waals surface area contributed by atoms with E-state index < -0.39 is 6.04 Å². The Morgan fingerprint density at radius 3 is 2.32 bits per heavy atom. The molecule has 0 aliphatic carbocycles. The molecule has 152 valence electrons. The highest BCUT2D eigenvalue weighted by Crippen LogP contribution is 2.24. The summed E-state index contributed by atoms with van der Waals surface area (Å²) in [7, 11) is 1.52. The van der Waals surface area contributed by atoms with E-state index in [0.29, 0.717) is 34.1 Å². The van der Waals surface area contributed by atoms with Gasteiger partial charge in [0.25, 0.3) is 5.91 Å². The van der Waals surface area contributed by atoms with Crippen molar-refractivity contribution in [1.82, 2.24) is 5.32 Å². The molecule has 1 unspecified atom stereocenters. The number of anilines is 2. The van der Waals surface area contributed by atoms with Gasteiger partial charge in [-0.1, -0.05) is 25.4 Å². The van der Waals surface area contributed by atoms with Gasteiger partial charge in [0, 0.05) is 16.3 Å². The van der Waals surface area contributed by atoms with Crippen LogP contribution in [-0.4, -0.2) is 25.0 Å². The lowest BCUT2D eigenvalue weighted by Gasteiger charge is -2.20. The average molecular weight is 426 g/mol. The van der Waals surface area contributed by atoms with Crippen molar-refractivity contribution in [2.75, 3.05) is 18.2 Å². The predicted octanol–water partition coefficient (Wildman–Crippen LogP) is 4.14. The number of hydrogen-bond donors (Lipinski definition) is 3. The van der Waals surface area contributed by atoms with Crippen molar-refractivity contribution in [3.63, 3.8) is 0 Å². The fraction of sp³-hybridized carbons (Fsp3) is 0.300. The summed E-state index contributed by atoms with van der Waals surface area (Å²) in [4.78, 5) is 25.2. The van der Waals surface area contributed by atoms with Crippen molar-refractivity contribution >= 4 is 47.2 Å². The molecule has 2 amide bonds. The summed E-state index contributed by atoms with van der Waals surface area (Å²) in [5, 5.41) is 6.13. The molecule has 8 heteroatoms. The van der Waals surface area contributed by atoms with Crippen LogP contribution < -0.4 is 21.1 Å². The summed E-state index contributed by atoms with van der Waals surface area (Å²) in [6.07, 6.45) is 0.497. The number of carbonyl (C=O) groups is 2. The average Bonchev–Trinajstić information content (AvgIpc) is 2.61. The Labute approximate surface area is 176 Å². The largest absolute Gasteiger partial charge is 0.495 e.